The summed E-state index contributed by atoms with van der Waals surface area (Å²) >= 11 is 0. The van der Waals surface area contributed by atoms with Crippen LogP contribution in [0, 0.1) is 10.1 Å². The van der Waals surface area contributed by atoms with Gasteiger partial charge >= 0.3 is 23.5 Å². The van der Waals surface area contributed by atoms with Gasteiger partial charge in [0.25, 0.3) is 0 Å². The summed E-state index contributed by atoms with van der Waals surface area (Å²) in [5.41, 5.74) is -0.624. The lowest BCUT2D eigenvalue weighted by Crippen LogP contribution is -2.51. The lowest BCUT2D eigenvalue weighted by Gasteiger charge is -2.36. The Morgan fingerprint density at radius 1 is 0.841 bits per heavy atom. The number of esters is 1. The minimum atomic E-state index is -0.913. The highest BCUT2D eigenvalue weighted by molar-refractivity contribution is 5.77. The molecular formula is C30H42N4O10. The molecule has 0 aliphatic heterocycles. The number of hydrogen-bond donors (Lipinski definition) is 0. The molecule has 1 aromatic heterocycles. The molecular weight excluding hydrogens is 576 g/mol. The summed E-state index contributed by atoms with van der Waals surface area (Å²) in [5.74, 6) is -1.42. The molecule has 14 heteroatoms. The van der Waals surface area contributed by atoms with E-state index >= 15 is 0 Å². The van der Waals surface area contributed by atoms with E-state index in [0.29, 0.717) is 0 Å². The van der Waals surface area contributed by atoms with Gasteiger partial charge in [0.2, 0.25) is 5.82 Å². The maximum Gasteiger partial charge on any atom is 0.373 e. The first-order chi connectivity index (χ1) is 21.3. The minimum absolute atomic E-state index is 0.00921. The van der Waals surface area contributed by atoms with Crippen LogP contribution in [-0.2, 0) is 28.5 Å². The van der Waals surface area contributed by atoms with Crippen molar-refractivity contribution in [2.75, 3.05) is 71.3 Å². The van der Waals surface area contributed by atoms with E-state index in [2.05, 4.69) is 49.4 Å². The van der Waals surface area contributed by atoms with Gasteiger partial charge in [-0.25, -0.2) is 0 Å². The summed E-state index contributed by atoms with van der Waals surface area (Å²) in [6.45, 7) is 21.8. The Morgan fingerprint density at radius 2 is 1.41 bits per heavy atom. The maximum absolute atomic E-state index is 12.6. The highest BCUT2D eigenvalue weighted by Gasteiger charge is 2.38. The van der Waals surface area contributed by atoms with Gasteiger partial charge in [-0.3, -0.25) is 14.9 Å². The Bertz CT molecular complexity index is 1110. The van der Waals surface area contributed by atoms with Crippen LogP contribution in [0.15, 0.2) is 75.9 Å². The van der Waals surface area contributed by atoms with Gasteiger partial charge in [0.05, 0.1) is 45.1 Å². The molecule has 44 heavy (non-hydrogen) atoms. The van der Waals surface area contributed by atoms with Crippen molar-refractivity contribution in [2.45, 2.75) is 18.3 Å². The molecule has 0 saturated heterocycles. The summed E-state index contributed by atoms with van der Waals surface area (Å²) in [7, 11) is 1.18. The van der Waals surface area contributed by atoms with Gasteiger partial charge in [-0.1, -0.05) is 49.6 Å². The number of aromatic nitrogens is 2. The van der Waals surface area contributed by atoms with Gasteiger partial charge in [0.15, 0.2) is 0 Å². The fourth-order valence-corrected chi connectivity index (χ4v) is 3.66. The highest BCUT2D eigenvalue weighted by atomic mass is 16.6. The molecule has 0 amide bonds. The van der Waals surface area contributed by atoms with Crippen molar-refractivity contribution in [1.82, 2.24) is 9.97 Å². The van der Waals surface area contributed by atoms with Crippen molar-refractivity contribution >= 4 is 17.5 Å². The number of hydrogen-bond acceptors (Lipinski definition) is 13. The van der Waals surface area contributed by atoms with Crippen LogP contribution in [0.3, 0.4) is 0 Å². The smallest absolute Gasteiger partial charge is 0.373 e. The Morgan fingerprint density at radius 3 is 1.98 bits per heavy atom. The molecule has 0 saturated carbocycles. The van der Waals surface area contributed by atoms with Crippen LogP contribution in [0.2, 0.25) is 0 Å². The van der Waals surface area contributed by atoms with Crippen molar-refractivity contribution in [2.24, 2.45) is 0 Å². The second-order valence-electron chi connectivity index (χ2n) is 8.63. The second kappa shape index (κ2) is 22.2. The molecule has 0 aliphatic carbocycles. The Labute approximate surface area is 258 Å². The fraction of sp³-hybridized carbons (Fsp3) is 0.433. The van der Waals surface area contributed by atoms with Crippen molar-refractivity contribution in [1.29, 1.82) is 0 Å². The Kier molecular flexibility index (Phi) is 19.0. The van der Waals surface area contributed by atoms with Gasteiger partial charge in [0.1, 0.15) is 38.1 Å². The van der Waals surface area contributed by atoms with E-state index in [1.165, 1.54) is 30.2 Å². The van der Waals surface area contributed by atoms with Crippen LogP contribution in [0.5, 0.6) is 11.9 Å². The Hall–Kier alpha value is -4.37. The van der Waals surface area contributed by atoms with Gasteiger partial charge in [0, 0.05) is 6.54 Å². The average molecular weight is 619 g/mol. The first-order valence-corrected chi connectivity index (χ1v) is 13.5. The van der Waals surface area contributed by atoms with Crippen LogP contribution >= 0.6 is 0 Å². The van der Waals surface area contributed by atoms with E-state index in [-0.39, 0.29) is 64.6 Å². The van der Waals surface area contributed by atoms with E-state index in [9.17, 15) is 14.9 Å². The molecule has 0 unspecified atom stereocenters. The molecule has 0 aromatic carbocycles. The third-order valence-electron chi connectivity index (χ3n) is 5.42. The number of nitrogens with zero attached hydrogens (tertiary/aromatic N) is 4. The lowest BCUT2D eigenvalue weighted by atomic mass is 10.1. The van der Waals surface area contributed by atoms with E-state index in [0.717, 1.165) is 0 Å². The normalized spacial score (nSPS) is 12.6. The lowest BCUT2D eigenvalue weighted by molar-refractivity contribution is -0.385. The van der Waals surface area contributed by atoms with Crippen LogP contribution in [0.1, 0.15) is 0 Å². The molecule has 1 aromatic rings. The number of carbonyl (C=O) groups excluding carboxylic acids is 1. The number of carbonyl (C=O) groups is 1. The quantitative estimate of drug-likeness (QED) is 0.0466. The van der Waals surface area contributed by atoms with Crippen molar-refractivity contribution in [3.05, 3.63) is 86.0 Å². The standard InChI is InChI=1S/C30H42N4O10/c1-8-14-39-22-24(41-16-10-3)27(42-17-11-4)23(40-15-9-2)20-33(21-25(35)38-7)28-26(34(36)37)29(43-18-12-5)32-30(31-28)44-19-13-6/h8-13,23-24,27H,1-6,14-22H2,7H3/t23-,24+,27-/m0/s1. The van der Waals surface area contributed by atoms with Crippen LogP contribution in [-0.4, -0.2) is 106 Å². The third-order valence-corrected chi connectivity index (χ3v) is 5.42. The van der Waals surface area contributed by atoms with E-state index in [1.54, 1.807) is 18.2 Å². The average Bonchev–Trinajstić information content (AvgIpc) is 3.02. The molecule has 0 spiro atoms. The van der Waals surface area contributed by atoms with Crippen molar-refractivity contribution < 1.29 is 42.9 Å². The van der Waals surface area contributed by atoms with Crippen molar-refractivity contribution in [3.8, 4) is 11.9 Å². The number of rotatable bonds is 27. The first kappa shape index (κ1) is 37.7. The number of ether oxygens (including phenoxy) is 7. The largest absolute Gasteiger partial charge is 0.468 e. The minimum Gasteiger partial charge on any atom is -0.468 e. The SMILES string of the molecule is C=CCOC[C@@H](OCC=C)[C@@H](OCC=C)[C@H](CN(CC(=O)OC)c1nc(OCC=C)nc(OCC=C)c1[N+](=O)[O-])OCC=C. The van der Waals surface area contributed by atoms with E-state index < -0.39 is 47.3 Å². The van der Waals surface area contributed by atoms with Gasteiger partial charge in [-0.05, 0) is 0 Å². The highest BCUT2D eigenvalue weighted by Crippen LogP contribution is 2.37. The second-order valence-corrected chi connectivity index (χ2v) is 8.63. The fourth-order valence-electron chi connectivity index (χ4n) is 3.66. The van der Waals surface area contributed by atoms with Crippen LogP contribution < -0.4 is 14.4 Å². The summed E-state index contributed by atoms with van der Waals surface area (Å²) in [4.78, 5) is 33.9. The molecule has 0 aliphatic rings. The van der Waals surface area contributed by atoms with Gasteiger partial charge in [-0.15, -0.1) is 26.3 Å². The molecule has 14 nitrogen and oxygen atoms in total. The van der Waals surface area contributed by atoms with Gasteiger partial charge in [-0.2, -0.15) is 9.97 Å². The third kappa shape index (κ3) is 12.9. The van der Waals surface area contributed by atoms with Crippen molar-refractivity contribution in [3.63, 3.8) is 0 Å². The molecule has 3 atom stereocenters. The molecule has 1 heterocycles. The number of nitro groups is 1. The summed E-state index contributed by atoms with van der Waals surface area (Å²) in [6.07, 6.45) is 6.55. The topological polar surface area (TPSA) is 154 Å². The zero-order valence-electron chi connectivity index (χ0n) is 25.2. The first-order valence-electron chi connectivity index (χ1n) is 13.5. The number of anilines is 1. The molecule has 242 valence electrons. The van der Waals surface area contributed by atoms with Crippen LogP contribution in [0.25, 0.3) is 0 Å². The zero-order valence-corrected chi connectivity index (χ0v) is 25.2. The summed E-state index contributed by atoms with van der Waals surface area (Å²) in [6, 6.07) is -0.257. The predicted molar refractivity (Wildman–Crippen MR) is 165 cm³/mol. The maximum atomic E-state index is 12.6. The van der Waals surface area contributed by atoms with E-state index in [1.807, 2.05) is 0 Å². The zero-order chi connectivity index (χ0) is 32.7. The van der Waals surface area contributed by atoms with Gasteiger partial charge < -0.3 is 38.1 Å². The molecule has 0 fully saturated rings. The molecule has 0 radical (unpaired) electrons. The summed E-state index contributed by atoms with van der Waals surface area (Å²) in [5, 5.41) is 12.4. The monoisotopic (exact) mass is 618 g/mol. The summed E-state index contributed by atoms with van der Waals surface area (Å²) < 4.78 is 39.8. The molecule has 0 N–H and O–H groups in total. The number of methoxy groups -OCH3 is 1. The van der Waals surface area contributed by atoms with Crippen LogP contribution in [0.4, 0.5) is 11.5 Å². The predicted octanol–water partition coefficient (Wildman–Crippen LogP) is 3.41. The molecule has 1 rings (SSSR count). The molecule has 0 bridgehead atoms. The Balaban J connectivity index is 3.85. The van der Waals surface area contributed by atoms with E-state index in [4.69, 9.17) is 33.2 Å².